The van der Waals surface area contributed by atoms with Crippen molar-refractivity contribution < 1.29 is 14.7 Å². The van der Waals surface area contributed by atoms with E-state index >= 15 is 0 Å². The summed E-state index contributed by atoms with van der Waals surface area (Å²) in [6, 6.07) is 4.47. The molecule has 5 nitrogen and oxygen atoms in total. The van der Waals surface area contributed by atoms with Crippen molar-refractivity contribution in [1.29, 1.82) is 0 Å². The molecule has 108 valence electrons. The molecule has 1 amide bonds. The minimum Gasteiger partial charge on any atom is -0.478 e. The first-order valence-electron chi connectivity index (χ1n) is 6.65. The average Bonchev–Trinajstić information content (AvgIpc) is 2.67. The predicted molar refractivity (Wildman–Crippen MR) is 80.0 cm³/mol. The second-order valence-corrected chi connectivity index (χ2v) is 5.76. The number of anilines is 1. The van der Waals surface area contributed by atoms with Crippen molar-refractivity contribution in [1.82, 2.24) is 5.32 Å². The summed E-state index contributed by atoms with van der Waals surface area (Å²) in [6.45, 7) is 0.822. The first-order valence-corrected chi connectivity index (χ1v) is 7.44. The fourth-order valence-corrected chi connectivity index (χ4v) is 2.64. The Hall–Kier alpha value is -1.40. The lowest BCUT2D eigenvalue weighted by Gasteiger charge is -2.16. The van der Waals surface area contributed by atoms with Crippen LogP contribution in [0.15, 0.2) is 22.7 Å². The highest BCUT2D eigenvalue weighted by Gasteiger charge is 2.21. The monoisotopic (exact) mass is 340 g/mol. The van der Waals surface area contributed by atoms with Gasteiger partial charge < -0.3 is 15.7 Å². The van der Waals surface area contributed by atoms with E-state index in [-0.39, 0.29) is 17.5 Å². The van der Waals surface area contributed by atoms with Crippen LogP contribution >= 0.6 is 15.9 Å². The fourth-order valence-electron chi connectivity index (χ4n) is 2.28. The third kappa shape index (κ3) is 3.80. The molecule has 2 rings (SSSR count). The van der Waals surface area contributed by atoms with Crippen LogP contribution in [-0.2, 0) is 4.79 Å². The van der Waals surface area contributed by atoms with Gasteiger partial charge in [-0.2, -0.15) is 0 Å². The fraction of sp³-hybridized carbons (Fsp3) is 0.429. The molecule has 1 fully saturated rings. The summed E-state index contributed by atoms with van der Waals surface area (Å²) in [6.07, 6.45) is 3.98. The molecule has 1 aliphatic heterocycles. The molecule has 0 bridgehead atoms. The van der Waals surface area contributed by atoms with Crippen LogP contribution in [0.3, 0.4) is 0 Å². The van der Waals surface area contributed by atoms with Gasteiger partial charge >= 0.3 is 5.97 Å². The molecular weight excluding hydrogens is 324 g/mol. The van der Waals surface area contributed by atoms with Crippen molar-refractivity contribution in [2.45, 2.75) is 31.7 Å². The van der Waals surface area contributed by atoms with Crippen molar-refractivity contribution in [3.8, 4) is 0 Å². The zero-order chi connectivity index (χ0) is 14.5. The number of halogens is 1. The summed E-state index contributed by atoms with van der Waals surface area (Å²) in [4.78, 5) is 23.4. The minimum absolute atomic E-state index is 0.0928. The second-order valence-electron chi connectivity index (χ2n) is 4.84. The maximum atomic E-state index is 12.2. The minimum atomic E-state index is -1.05. The largest absolute Gasteiger partial charge is 0.478 e. The molecule has 1 heterocycles. The number of aromatic carboxylic acids is 1. The van der Waals surface area contributed by atoms with Gasteiger partial charge in [-0.25, -0.2) is 4.79 Å². The molecular formula is C14H17BrN2O3. The highest BCUT2D eigenvalue weighted by molar-refractivity contribution is 9.10. The number of carbonyl (C=O) groups excluding carboxylic acids is 1. The van der Waals surface area contributed by atoms with Gasteiger partial charge in [-0.1, -0.05) is 28.8 Å². The number of amides is 1. The van der Waals surface area contributed by atoms with Gasteiger partial charge in [0.05, 0.1) is 17.3 Å². The molecule has 3 N–H and O–H groups in total. The second kappa shape index (κ2) is 6.85. The molecule has 1 aromatic carbocycles. The Morgan fingerprint density at radius 1 is 1.30 bits per heavy atom. The lowest BCUT2D eigenvalue weighted by molar-refractivity contribution is -0.118. The lowest BCUT2D eigenvalue weighted by Crippen LogP contribution is -2.40. The molecule has 6 heteroatoms. The average molecular weight is 341 g/mol. The van der Waals surface area contributed by atoms with Crippen LogP contribution in [0.2, 0.25) is 0 Å². The van der Waals surface area contributed by atoms with Crippen LogP contribution in [0.5, 0.6) is 0 Å². The number of nitrogens with one attached hydrogen (secondary N) is 2. The van der Waals surface area contributed by atoms with Crippen LogP contribution in [0, 0.1) is 0 Å². The van der Waals surface area contributed by atoms with E-state index in [1.54, 1.807) is 12.1 Å². The Balaban J connectivity index is 2.14. The van der Waals surface area contributed by atoms with Gasteiger partial charge in [-0.15, -0.1) is 0 Å². The highest BCUT2D eigenvalue weighted by atomic mass is 79.9. The molecule has 0 spiro atoms. The Morgan fingerprint density at radius 2 is 2.10 bits per heavy atom. The van der Waals surface area contributed by atoms with Crippen molar-refractivity contribution in [3.05, 3.63) is 28.2 Å². The molecule has 0 radical (unpaired) electrons. The van der Waals surface area contributed by atoms with Crippen LogP contribution in [0.1, 0.15) is 36.0 Å². The molecule has 0 aromatic heterocycles. The maximum Gasteiger partial charge on any atom is 0.337 e. The summed E-state index contributed by atoms with van der Waals surface area (Å²) in [5, 5.41) is 15.1. The Labute approximate surface area is 125 Å². The van der Waals surface area contributed by atoms with E-state index < -0.39 is 5.97 Å². The van der Waals surface area contributed by atoms with E-state index in [2.05, 4.69) is 26.6 Å². The van der Waals surface area contributed by atoms with E-state index in [1.807, 2.05) is 0 Å². The van der Waals surface area contributed by atoms with Crippen molar-refractivity contribution >= 4 is 33.5 Å². The zero-order valence-corrected chi connectivity index (χ0v) is 12.6. The Kier molecular flexibility index (Phi) is 5.14. The third-order valence-corrected chi connectivity index (χ3v) is 3.84. The number of carboxylic acid groups (broad SMARTS) is 1. The number of carbonyl (C=O) groups is 2. The molecule has 1 aliphatic rings. The summed E-state index contributed by atoms with van der Waals surface area (Å²) < 4.78 is 0.728. The van der Waals surface area contributed by atoms with E-state index in [1.165, 1.54) is 6.07 Å². The van der Waals surface area contributed by atoms with Gasteiger partial charge in [0.1, 0.15) is 0 Å². The quantitative estimate of drug-likeness (QED) is 0.790. The van der Waals surface area contributed by atoms with E-state index in [0.717, 1.165) is 36.7 Å². The van der Waals surface area contributed by atoms with Crippen molar-refractivity contribution in [2.75, 3.05) is 11.9 Å². The maximum absolute atomic E-state index is 12.2. The SMILES string of the molecule is O=C(O)c1ccc(Br)cc1NC(=O)C1CCCCCN1. The van der Waals surface area contributed by atoms with Crippen LogP contribution < -0.4 is 10.6 Å². The van der Waals surface area contributed by atoms with Gasteiger partial charge in [0, 0.05) is 4.47 Å². The first-order chi connectivity index (χ1) is 9.58. The molecule has 1 saturated heterocycles. The number of carboxylic acids is 1. The first kappa shape index (κ1) is 15.0. The summed E-state index contributed by atoms with van der Waals surface area (Å²) in [5.41, 5.74) is 0.415. The zero-order valence-electron chi connectivity index (χ0n) is 11.0. The van der Waals surface area contributed by atoms with E-state index in [9.17, 15) is 9.59 Å². The van der Waals surface area contributed by atoms with Crippen LogP contribution in [-0.4, -0.2) is 29.6 Å². The van der Waals surface area contributed by atoms with Gasteiger partial charge in [0.25, 0.3) is 0 Å². The lowest BCUT2D eigenvalue weighted by atomic mass is 10.1. The predicted octanol–water partition coefficient (Wildman–Crippen LogP) is 2.62. The molecule has 20 heavy (non-hydrogen) atoms. The summed E-state index contributed by atoms with van der Waals surface area (Å²) in [5.74, 6) is -1.23. The summed E-state index contributed by atoms with van der Waals surface area (Å²) in [7, 11) is 0. The standard InChI is InChI=1S/C14H17BrN2O3/c15-9-5-6-10(14(19)20)12(8-9)17-13(18)11-4-2-1-3-7-16-11/h5-6,8,11,16H,1-4,7H2,(H,17,18)(H,19,20). The van der Waals surface area contributed by atoms with Gasteiger partial charge in [-0.05, 0) is 37.6 Å². The Bertz CT molecular complexity index is 511. The van der Waals surface area contributed by atoms with Gasteiger partial charge in [0.15, 0.2) is 0 Å². The van der Waals surface area contributed by atoms with Crippen molar-refractivity contribution in [2.24, 2.45) is 0 Å². The number of hydrogen-bond donors (Lipinski definition) is 3. The topological polar surface area (TPSA) is 78.4 Å². The molecule has 0 saturated carbocycles. The molecule has 1 atom stereocenters. The normalized spacial score (nSPS) is 19.1. The van der Waals surface area contributed by atoms with Gasteiger partial charge in [0.2, 0.25) is 5.91 Å². The molecule has 0 aliphatic carbocycles. The number of rotatable bonds is 3. The number of benzene rings is 1. The van der Waals surface area contributed by atoms with E-state index in [0.29, 0.717) is 5.69 Å². The summed E-state index contributed by atoms with van der Waals surface area (Å²) >= 11 is 3.28. The third-order valence-electron chi connectivity index (χ3n) is 3.35. The highest BCUT2D eigenvalue weighted by Crippen LogP contribution is 2.22. The van der Waals surface area contributed by atoms with Crippen molar-refractivity contribution in [3.63, 3.8) is 0 Å². The van der Waals surface area contributed by atoms with Crippen LogP contribution in [0.4, 0.5) is 5.69 Å². The van der Waals surface area contributed by atoms with E-state index in [4.69, 9.17) is 5.11 Å². The number of hydrogen-bond acceptors (Lipinski definition) is 3. The molecule has 1 unspecified atom stereocenters. The molecule has 1 aromatic rings. The Morgan fingerprint density at radius 3 is 2.85 bits per heavy atom. The smallest absolute Gasteiger partial charge is 0.337 e. The van der Waals surface area contributed by atoms with Gasteiger partial charge in [-0.3, -0.25) is 4.79 Å². The van der Waals surface area contributed by atoms with Crippen LogP contribution in [0.25, 0.3) is 0 Å².